The van der Waals surface area contributed by atoms with Crippen LogP contribution in [0.3, 0.4) is 0 Å². The minimum Gasteiger partial charge on any atom is -0.481 e. The van der Waals surface area contributed by atoms with Crippen molar-refractivity contribution in [3.05, 3.63) is 15.6 Å². The van der Waals surface area contributed by atoms with Crippen LogP contribution in [0.15, 0.2) is 0 Å². The predicted molar refractivity (Wildman–Crippen MR) is 73.5 cm³/mol. The van der Waals surface area contributed by atoms with Crippen LogP contribution in [0.5, 0.6) is 0 Å². The number of rotatable bonds is 6. The molecule has 0 atom stereocenters. The fraction of sp³-hybridized carbons (Fsp3) is 0.692. The zero-order chi connectivity index (χ0) is 13.7. The highest BCUT2D eigenvalue weighted by Crippen LogP contribution is 2.22. The molecule has 1 aromatic rings. The summed E-state index contributed by atoms with van der Waals surface area (Å²) in [5, 5.41) is 9.86. The lowest BCUT2D eigenvalue weighted by Crippen LogP contribution is -2.35. The van der Waals surface area contributed by atoms with Gasteiger partial charge in [-0.25, -0.2) is 4.98 Å². The molecule has 0 spiro atoms. The Morgan fingerprint density at radius 2 is 2.21 bits per heavy atom. The Bertz CT molecular complexity index is 428. The monoisotopic (exact) mass is 284 g/mol. The zero-order valence-electron chi connectivity index (χ0n) is 11.2. The van der Waals surface area contributed by atoms with Crippen molar-refractivity contribution in [1.82, 2.24) is 9.88 Å². The van der Waals surface area contributed by atoms with E-state index in [1.165, 1.54) is 0 Å². The number of carboxylic acids is 1. The molecule has 0 aromatic carbocycles. The fourth-order valence-corrected chi connectivity index (χ4v) is 3.35. The number of thiazole rings is 1. The molecule has 6 heteroatoms. The van der Waals surface area contributed by atoms with Crippen molar-refractivity contribution < 1.29 is 14.6 Å². The summed E-state index contributed by atoms with van der Waals surface area (Å²) >= 11 is 1.66. The van der Waals surface area contributed by atoms with E-state index in [1.54, 1.807) is 11.3 Å². The molecule has 106 valence electrons. The van der Waals surface area contributed by atoms with Gasteiger partial charge in [0.15, 0.2) is 0 Å². The molecule has 0 saturated carbocycles. The Morgan fingerprint density at radius 1 is 1.47 bits per heavy atom. The summed E-state index contributed by atoms with van der Waals surface area (Å²) in [7, 11) is 0. The summed E-state index contributed by atoms with van der Waals surface area (Å²) in [5.74, 6) is -0.745. The highest BCUT2D eigenvalue weighted by Gasteiger charge is 2.15. The molecule has 0 aliphatic carbocycles. The molecule has 2 heterocycles. The topological polar surface area (TPSA) is 62.7 Å². The summed E-state index contributed by atoms with van der Waals surface area (Å²) in [6.45, 7) is 6.40. The minimum absolute atomic E-state index is 0.187. The number of aryl methyl sites for hydroxylation is 2. The van der Waals surface area contributed by atoms with Gasteiger partial charge in [0.25, 0.3) is 0 Å². The number of carbonyl (C=O) groups is 1. The summed E-state index contributed by atoms with van der Waals surface area (Å²) < 4.78 is 5.33. The normalized spacial score (nSPS) is 16.7. The van der Waals surface area contributed by atoms with E-state index in [4.69, 9.17) is 9.84 Å². The number of ether oxygens (including phenoxy) is 1. The van der Waals surface area contributed by atoms with Crippen LogP contribution < -0.4 is 0 Å². The van der Waals surface area contributed by atoms with E-state index in [1.807, 2.05) is 0 Å². The van der Waals surface area contributed by atoms with Gasteiger partial charge in [0, 0.05) is 18.0 Å². The third-order valence-corrected chi connectivity index (χ3v) is 4.33. The number of aromatic nitrogens is 1. The van der Waals surface area contributed by atoms with Crippen LogP contribution in [-0.2, 0) is 28.9 Å². The first-order valence-corrected chi connectivity index (χ1v) is 7.50. The standard InChI is InChI=1S/C13H20N2O3S/c1-2-10-11(3-4-13(16)17)19-12(14-10)9-15-5-7-18-8-6-15/h2-9H2,1H3,(H,16,17). The number of hydrogen-bond donors (Lipinski definition) is 1. The molecule has 0 radical (unpaired) electrons. The van der Waals surface area contributed by atoms with E-state index in [-0.39, 0.29) is 6.42 Å². The number of nitrogens with zero attached hydrogens (tertiary/aromatic N) is 2. The molecular formula is C13H20N2O3S. The average molecular weight is 284 g/mol. The molecule has 19 heavy (non-hydrogen) atoms. The Hall–Kier alpha value is -0.980. The molecule has 0 bridgehead atoms. The Balaban J connectivity index is 1.98. The van der Waals surface area contributed by atoms with Crippen LogP contribution in [0.4, 0.5) is 0 Å². The van der Waals surface area contributed by atoms with Crippen LogP contribution >= 0.6 is 11.3 Å². The van der Waals surface area contributed by atoms with E-state index in [9.17, 15) is 4.79 Å². The molecular weight excluding hydrogens is 264 g/mol. The third kappa shape index (κ3) is 4.26. The molecule has 1 aromatic heterocycles. The summed E-state index contributed by atoms with van der Waals surface area (Å²) in [6.07, 6.45) is 1.65. The second-order valence-corrected chi connectivity index (χ2v) is 5.78. The van der Waals surface area contributed by atoms with Crippen LogP contribution in [0.1, 0.15) is 28.9 Å². The van der Waals surface area contributed by atoms with Crippen molar-refractivity contribution in [3.8, 4) is 0 Å². The summed E-state index contributed by atoms with van der Waals surface area (Å²) in [6, 6.07) is 0. The fourth-order valence-electron chi connectivity index (χ4n) is 2.15. The molecule has 2 rings (SSSR count). The van der Waals surface area contributed by atoms with Gasteiger partial charge in [-0.2, -0.15) is 0 Å². The first-order valence-electron chi connectivity index (χ1n) is 6.68. The first-order chi connectivity index (χ1) is 9.19. The quantitative estimate of drug-likeness (QED) is 0.859. The number of aliphatic carboxylic acids is 1. The molecule has 1 saturated heterocycles. The molecule has 1 N–H and O–H groups in total. The van der Waals surface area contributed by atoms with Gasteiger partial charge in [0.05, 0.1) is 31.9 Å². The van der Waals surface area contributed by atoms with Gasteiger partial charge in [-0.05, 0) is 12.8 Å². The van der Waals surface area contributed by atoms with Crippen molar-refractivity contribution in [2.45, 2.75) is 32.7 Å². The molecule has 5 nitrogen and oxygen atoms in total. The summed E-state index contributed by atoms with van der Waals surface area (Å²) in [5.41, 5.74) is 1.06. The van der Waals surface area contributed by atoms with Crippen molar-refractivity contribution in [2.75, 3.05) is 26.3 Å². The molecule has 1 fully saturated rings. The molecule has 0 unspecified atom stereocenters. The van der Waals surface area contributed by atoms with Gasteiger partial charge in [-0.1, -0.05) is 6.92 Å². The van der Waals surface area contributed by atoms with E-state index in [2.05, 4.69) is 16.8 Å². The van der Waals surface area contributed by atoms with Crippen LogP contribution in [0.25, 0.3) is 0 Å². The van der Waals surface area contributed by atoms with Gasteiger partial charge >= 0.3 is 5.97 Å². The van der Waals surface area contributed by atoms with E-state index >= 15 is 0 Å². The predicted octanol–water partition coefficient (Wildman–Crippen LogP) is 1.55. The maximum Gasteiger partial charge on any atom is 0.303 e. The average Bonchev–Trinajstić information content (AvgIpc) is 2.79. The van der Waals surface area contributed by atoms with Gasteiger partial charge in [0.2, 0.25) is 0 Å². The smallest absolute Gasteiger partial charge is 0.303 e. The van der Waals surface area contributed by atoms with Gasteiger partial charge in [-0.15, -0.1) is 11.3 Å². The van der Waals surface area contributed by atoms with Crippen LogP contribution in [0, 0.1) is 0 Å². The second kappa shape index (κ2) is 6.98. The largest absolute Gasteiger partial charge is 0.481 e. The van der Waals surface area contributed by atoms with E-state index in [0.717, 1.165) is 54.8 Å². The SMILES string of the molecule is CCc1nc(CN2CCOCC2)sc1CCC(=O)O. The van der Waals surface area contributed by atoms with Crippen molar-refractivity contribution in [2.24, 2.45) is 0 Å². The highest BCUT2D eigenvalue weighted by molar-refractivity contribution is 7.11. The van der Waals surface area contributed by atoms with Crippen molar-refractivity contribution in [3.63, 3.8) is 0 Å². The van der Waals surface area contributed by atoms with Crippen LogP contribution in [0.2, 0.25) is 0 Å². The third-order valence-electron chi connectivity index (χ3n) is 3.19. The van der Waals surface area contributed by atoms with Gasteiger partial charge in [-0.3, -0.25) is 9.69 Å². The Morgan fingerprint density at radius 3 is 2.84 bits per heavy atom. The molecule has 1 aliphatic rings. The number of carboxylic acid groups (broad SMARTS) is 1. The Kier molecular flexibility index (Phi) is 5.30. The van der Waals surface area contributed by atoms with Crippen molar-refractivity contribution in [1.29, 1.82) is 0 Å². The highest BCUT2D eigenvalue weighted by atomic mass is 32.1. The maximum absolute atomic E-state index is 10.7. The minimum atomic E-state index is -0.745. The van der Waals surface area contributed by atoms with Crippen molar-refractivity contribution >= 4 is 17.3 Å². The lowest BCUT2D eigenvalue weighted by Gasteiger charge is -2.25. The van der Waals surface area contributed by atoms with E-state index < -0.39 is 5.97 Å². The summed E-state index contributed by atoms with van der Waals surface area (Å²) in [4.78, 5) is 18.8. The first kappa shape index (κ1) is 14.4. The Labute approximate surface area is 117 Å². The van der Waals surface area contributed by atoms with Crippen LogP contribution in [-0.4, -0.2) is 47.3 Å². The molecule has 1 aliphatic heterocycles. The zero-order valence-corrected chi connectivity index (χ0v) is 12.0. The van der Waals surface area contributed by atoms with E-state index in [0.29, 0.717) is 6.42 Å². The van der Waals surface area contributed by atoms with Gasteiger partial charge < -0.3 is 9.84 Å². The number of hydrogen-bond acceptors (Lipinski definition) is 5. The number of morpholine rings is 1. The lowest BCUT2D eigenvalue weighted by atomic mass is 10.2. The maximum atomic E-state index is 10.7. The second-order valence-electron chi connectivity index (χ2n) is 4.61. The lowest BCUT2D eigenvalue weighted by molar-refractivity contribution is -0.136. The molecule has 0 amide bonds. The van der Waals surface area contributed by atoms with Gasteiger partial charge in [0.1, 0.15) is 5.01 Å².